The number of methoxy groups -OCH3 is 1. The second-order valence-corrected chi connectivity index (χ2v) is 2.42. The Balaban J connectivity index is 2.46. The molecule has 1 unspecified atom stereocenters. The fourth-order valence-electron chi connectivity index (χ4n) is 1.18. The Morgan fingerprint density at radius 2 is 2.50 bits per heavy atom. The summed E-state index contributed by atoms with van der Waals surface area (Å²) in [5, 5.41) is 1.53. The zero-order valence-corrected chi connectivity index (χ0v) is 6.04. The van der Waals surface area contributed by atoms with Crippen molar-refractivity contribution >= 4 is 5.97 Å². The quantitative estimate of drug-likeness (QED) is 0.398. The number of rotatable bonds is 1. The maximum Gasteiger partial charge on any atom is 0.324 e. The molecule has 0 bridgehead atoms. The molecule has 0 aromatic rings. The molecule has 0 aromatic heterocycles. The van der Waals surface area contributed by atoms with Crippen LogP contribution in [0, 0.1) is 0 Å². The van der Waals surface area contributed by atoms with E-state index in [1.54, 1.807) is 0 Å². The third-order valence-corrected chi connectivity index (χ3v) is 1.77. The Hall–Kier alpha value is -0.610. The zero-order chi connectivity index (χ0) is 7.56. The molecule has 0 spiro atoms. The number of nitrogens with zero attached hydrogens (tertiary/aromatic N) is 1. The van der Waals surface area contributed by atoms with Gasteiger partial charge in [0.2, 0.25) is 0 Å². The second kappa shape index (κ2) is 2.98. The van der Waals surface area contributed by atoms with Crippen LogP contribution in [-0.2, 0) is 9.53 Å². The van der Waals surface area contributed by atoms with Crippen LogP contribution in [0.1, 0.15) is 12.8 Å². The van der Waals surface area contributed by atoms with E-state index in [0.29, 0.717) is 0 Å². The molecule has 58 valence electrons. The van der Waals surface area contributed by atoms with Crippen LogP contribution in [-0.4, -0.2) is 30.7 Å². The van der Waals surface area contributed by atoms with Crippen molar-refractivity contribution in [1.82, 2.24) is 5.01 Å². The molecule has 0 radical (unpaired) electrons. The van der Waals surface area contributed by atoms with Crippen LogP contribution < -0.4 is 5.84 Å². The van der Waals surface area contributed by atoms with Gasteiger partial charge in [-0.15, -0.1) is 0 Å². The fourth-order valence-corrected chi connectivity index (χ4v) is 1.18. The maximum absolute atomic E-state index is 10.9. The minimum absolute atomic E-state index is 0.204. The van der Waals surface area contributed by atoms with Crippen LogP contribution in [0.5, 0.6) is 0 Å². The third kappa shape index (κ3) is 1.27. The molecular formula is C6H12N2O2. The van der Waals surface area contributed by atoms with Crippen molar-refractivity contribution in [3.05, 3.63) is 0 Å². The van der Waals surface area contributed by atoms with Crippen LogP contribution >= 0.6 is 0 Å². The number of esters is 1. The van der Waals surface area contributed by atoms with Crippen LogP contribution in [0.25, 0.3) is 0 Å². The van der Waals surface area contributed by atoms with E-state index in [4.69, 9.17) is 5.84 Å². The van der Waals surface area contributed by atoms with E-state index in [9.17, 15) is 4.79 Å². The normalized spacial score (nSPS) is 26.8. The summed E-state index contributed by atoms with van der Waals surface area (Å²) < 4.78 is 4.54. The van der Waals surface area contributed by atoms with Crippen molar-refractivity contribution in [3.8, 4) is 0 Å². The largest absolute Gasteiger partial charge is 0.468 e. The summed E-state index contributed by atoms with van der Waals surface area (Å²) in [6.45, 7) is 0.791. The average Bonchev–Trinajstić information content (AvgIpc) is 2.34. The molecule has 2 N–H and O–H groups in total. The van der Waals surface area contributed by atoms with Gasteiger partial charge in [0.05, 0.1) is 7.11 Å². The first kappa shape index (κ1) is 7.50. The van der Waals surface area contributed by atoms with Gasteiger partial charge in [-0.25, -0.2) is 5.01 Å². The van der Waals surface area contributed by atoms with Gasteiger partial charge in [0.1, 0.15) is 6.04 Å². The summed E-state index contributed by atoms with van der Waals surface area (Å²) in [4.78, 5) is 10.9. The highest BCUT2D eigenvalue weighted by Crippen LogP contribution is 2.13. The molecule has 10 heavy (non-hydrogen) atoms. The first-order valence-electron chi connectivity index (χ1n) is 3.35. The van der Waals surface area contributed by atoms with Gasteiger partial charge in [-0.3, -0.25) is 10.6 Å². The van der Waals surface area contributed by atoms with Gasteiger partial charge in [0, 0.05) is 6.54 Å². The Labute approximate surface area is 59.9 Å². The highest BCUT2D eigenvalue weighted by Gasteiger charge is 2.28. The van der Waals surface area contributed by atoms with Gasteiger partial charge in [0.25, 0.3) is 0 Å². The van der Waals surface area contributed by atoms with Crippen molar-refractivity contribution in [2.75, 3.05) is 13.7 Å². The van der Waals surface area contributed by atoms with E-state index in [1.165, 1.54) is 12.1 Å². The molecule has 0 aliphatic carbocycles. The van der Waals surface area contributed by atoms with Gasteiger partial charge in [0.15, 0.2) is 0 Å². The lowest BCUT2D eigenvalue weighted by atomic mass is 10.2. The van der Waals surface area contributed by atoms with Crippen molar-refractivity contribution < 1.29 is 9.53 Å². The van der Waals surface area contributed by atoms with Crippen LogP contribution in [0.2, 0.25) is 0 Å². The molecule has 1 aliphatic heterocycles. The van der Waals surface area contributed by atoms with Crippen LogP contribution in [0.4, 0.5) is 0 Å². The number of hydrogen-bond acceptors (Lipinski definition) is 4. The molecule has 0 saturated carbocycles. The molecule has 1 aliphatic rings. The molecular weight excluding hydrogens is 132 g/mol. The lowest BCUT2D eigenvalue weighted by Crippen LogP contribution is -2.41. The second-order valence-electron chi connectivity index (χ2n) is 2.42. The summed E-state index contributed by atoms with van der Waals surface area (Å²) in [6.07, 6.45) is 1.81. The van der Waals surface area contributed by atoms with Gasteiger partial charge < -0.3 is 4.74 Å². The van der Waals surface area contributed by atoms with Crippen LogP contribution in [0.3, 0.4) is 0 Å². The van der Waals surface area contributed by atoms with E-state index in [0.717, 1.165) is 19.4 Å². The molecule has 1 atom stereocenters. The number of carbonyl (C=O) groups excluding carboxylic acids is 1. The first-order chi connectivity index (χ1) is 4.75. The highest BCUT2D eigenvalue weighted by atomic mass is 16.5. The van der Waals surface area contributed by atoms with Gasteiger partial charge in [-0.1, -0.05) is 0 Å². The van der Waals surface area contributed by atoms with E-state index in [-0.39, 0.29) is 12.0 Å². The fraction of sp³-hybridized carbons (Fsp3) is 0.833. The van der Waals surface area contributed by atoms with Gasteiger partial charge in [-0.2, -0.15) is 0 Å². The summed E-state index contributed by atoms with van der Waals surface area (Å²) in [6, 6.07) is -0.204. The summed E-state index contributed by atoms with van der Waals surface area (Å²) in [5.41, 5.74) is 0. The Bertz CT molecular complexity index is 138. The SMILES string of the molecule is COC(=O)C1CCCN1N. The van der Waals surface area contributed by atoms with Crippen molar-refractivity contribution in [1.29, 1.82) is 0 Å². The smallest absolute Gasteiger partial charge is 0.324 e. The molecule has 1 saturated heterocycles. The van der Waals surface area contributed by atoms with Crippen LogP contribution in [0.15, 0.2) is 0 Å². The molecule has 0 aromatic carbocycles. The van der Waals surface area contributed by atoms with Gasteiger partial charge in [-0.05, 0) is 12.8 Å². The van der Waals surface area contributed by atoms with E-state index >= 15 is 0 Å². The highest BCUT2D eigenvalue weighted by molar-refractivity contribution is 5.75. The third-order valence-electron chi connectivity index (χ3n) is 1.77. The number of hydrogen-bond donors (Lipinski definition) is 1. The van der Waals surface area contributed by atoms with E-state index in [2.05, 4.69) is 4.74 Å². The standard InChI is InChI=1S/C6H12N2O2/c1-10-6(9)5-3-2-4-8(5)7/h5H,2-4,7H2,1H3. The topological polar surface area (TPSA) is 55.6 Å². The number of hydrazine groups is 1. The predicted octanol–water partition coefficient (Wildman–Crippen LogP) is -0.502. The zero-order valence-electron chi connectivity index (χ0n) is 6.04. The Kier molecular flexibility index (Phi) is 2.24. The minimum atomic E-state index is -0.222. The molecule has 0 amide bonds. The van der Waals surface area contributed by atoms with Crippen molar-refractivity contribution in [2.45, 2.75) is 18.9 Å². The van der Waals surface area contributed by atoms with Crippen molar-refractivity contribution in [2.24, 2.45) is 5.84 Å². The average molecular weight is 144 g/mol. The number of ether oxygens (including phenoxy) is 1. The lowest BCUT2D eigenvalue weighted by Gasteiger charge is -2.15. The van der Waals surface area contributed by atoms with Gasteiger partial charge >= 0.3 is 5.97 Å². The molecule has 1 heterocycles. The predicted molar refractivity (Wildman–Crippen MR) is 35.9 cm³/mol. The summed E-state index contributed by atoms with van der Waals surface area (Å²) >= 11 is 0. The molecule has 4 nitrogen and oxygen atoms in total. The number of nitrogens with two attached hydrogens (primary N) is 1. The molecule has 4 heteroatoms. The first-order valence-corrected chi connectivity index (χ1v) is 3.35. The summed E-state index contributed by atoms with van der Waals surface area (Å²) in [5.74, 6) is 5.27. The number of carbonyl (C=O) groups is 1. The monoisotopic (exact) mass is 144 g/mol. The van der Waals surface area contributed by atoms with E-state index in [1.807, 2.05) is 0 Å². The Morgan fingerprint density at radius 1 is 1.80 bits per heavy atom. The maximum atomic E-state index is 10.9. The minimum Gasteiger partial charge on any atom is -0.468 e. The summed E-state index contributed by atoms with van der Waals surface area (Å²) in [7, 11) is 1.38. The van der Waals surface area contributed by atoms with E-state index < -0.39 is 0 Å². The lowest BCUT2D eigenvalue weighted by molar-refractivity contribution is -0.145. The molecule has 1 rings (SSSR count). The molecule has 1 fully saturated rings. The van der Waals surface area contributed by atoms with Crippen molar-refractivity contribution in [3.63, 3.8) is 0 Å². The Morgan fingerprint density at radius 3 is 2.90 bits per heavy atom.